The Labute approximate surface area is 178 Å². The standard InChI is InChI=1S/C20H20N4O6S/c1-28-16-6-2-15(3-7-16)19-22-23-20(30-19)21-18(25)14-4-8-17(9-5-14)31(26,27)24-10-12-29-13-11-24/h2-9H,10-13H2,1H3,(H,21,23,25). The minimum Gasteiger partial charge on any atom is -0.497 e. The van der Waals surface area contributed by atoms with Crippen molar-refractivity contribution in [3.05, 3.63) is 54.1 Å². The molecule has 4 rings (SSSR count). The van der Waals surface area contributed by atoms with Crippen LogP contribution >= 0.6 is 0 Å². The molecule has 2 aromatic carbocycles. The van der Waals surface area contributed by atoms with Crippen molar-refractivity contribution in [3.8, 4) is 17.2 Å². The molecule has 1 aliphatic rings. The van der Waals surface area contributed by atoms with Gasteiger partial charge in [0.05, 0.1) is 25.2 Å². The molecule has 31 heavy (non-hydrogen) atoms. The summed E-state index contributed by atoms with van der Waals surface area (Å²) in [6, 6.07) is 12.6. The lowest BCUT2D eigenvalue weighted by atomic mass is 10.2. The van der Waals surface area contributed by atoms with E-state index in [1.807, 2.05) is 0 Å². The fourth-order valence-corrected chi connectivity index (χ4v) is 4.42. The Morgan fingerprint density at radius 3 is 2.35 bits per heavy atom. The van der Waals surface area contributed by atoms with E-state index in [9.17, 15) is 13.2 Å². The van der Waals surface area contributed by atoms with Crippen molar-refractivity contribution in [2.75, 3.05) is 38.7 Å². The smallest absolute Gasteiger partial charge is 0.322 e. The van der Waals surface area contributed by atoms with E-state index in [2.05, 4.69) is 15.5 Å². The predicted molar refractivity (Wildman–Crippen MR) is 110 cm³/mol. The third kappa shape index (κ3) is 4.58. The summed E-state index contributed by atoms with van der Waals surface area (Å²) in [5.41, 5.74) is 0.927. The maximum Gasteiger partial charge on any atom is 0.322 e. The average Bonchev–Trinajstić information content (AvgIpc) is 3.28. The number of nitrogens with zero attached hydrogens (tertiary/aromatic N) is 3. The number of carbonyl (C=O) groups is 1. The van der Waals surface area contributed by atoms with Crippen molar-refractivity contribution in [3.63, 3.8) is 0 Å². The molecule has 10 nitrogen and oxygen atoms in total. The molecule has 0 bridgehead atoms. The zero-order valence-corrected chi connectivity index (χ0v) is 17.5. The number of ether oxygens (including phenoxy) is 2. The molecule has 1 fully saturated rings. The number of hydrogen-bond acceptors (Lipinski definition) is 8. The summed E-state index contributed by atoms with van der Waals surface area (Å²) in [7, 11) is -2.05. The maximum absolute atomic E-state index is 12.7. The van der Waals surface area contributed by atoms with Gasteiger partial charge >= 0.3 is 6.01 Å². The SMILES string of the molecule is COc1ccc(-c2nnc(NC(=O)c3ccc(S(=O)(=O)N4CCOCC4)cc3)o2)cc1. The lowest BCUT2D eigenvalue weighted by Gasteiger charge is -2.26. The molecule has 1 N–H and O–H groups in total. The van der Waals surface area contributed by atoms with Crippen LogP contribution in [0.3, 0.4) is 0 Å². The van der Waals surface area contributed by atoms with Gasteiger partial charge < -0.3 is 13.9 Å². The van der Waals surface area contributed by atoms with Gasteiger partial charge in [-0.1, -0.05) is 5.10 Å². The third-order valence-electron chi connectivity index (χ3n) is 4.71. The number of nitrogens with one attached hydrogen (secondary N) is 1. The van der Waals surface area contributed by atoms with Gasteiger partial charge in [-0.15, -0.1) is 5.10 Å². The zero-order valence-electron chi connectivity index (χ0n) is 16.6. The van der Waals surface area contributed by atoms with Crippen LogP contribution in [0.5, 0.6) is 5.75 Å². The number of amides is 1. The van der Waals surface area contributed by atoms with Gasteiger partial charge in [0.15, 0.2) is 0 Å². The first-order chi connectivity index (χ1) is 15.0. The Balaban J connectivity index is 1.43. The Morgan fingerprint density at radius 1 is 1.03 bits per heavy atom. The average molecular weight is 444 g/mol. The highest BCUT2D eigenvalue weighted by atomic mass is 32.2. The van der Waals surface area contributed by atoms with E-state index in [-0.39, 0.29) is 22.4 Å². The molecule has 1 aliphatic heterocycles. The summed E-state index contributed by atoms with van der Waals surface area (Å²) >= 11 is 0. The monoisotopic (exact) mass is 444 g/mol. The lowest BCUT2D eigenvalue weighted by molar-refractivity contribution is 0.0730. The molecule has 0 radical (unpaired) electrons. The van der Waals surface area contributed by atoms with Crippen LogP contribution in [0.1, 0.15) is 10.4 Å². The highest BCUT2D eigenvalue weighted by molar-refractivity contribution is 7.89. The van der Waals surface area contributed by atoms with Crippen LogP contribution in [-0.2, 0) is 14.8 Å². The summed E-state index contributed by atoms with van der Waals surface area (Å²) in [6.45, 7) is 1.33. The van der Waals surface area contributed by atoms with Crippen LogP contribution < -0.4 is 10.1 Å². The van der Waals surface area contributed by atoms with Crippen molar-refractivity contribution in [1.29, 1.82) is 0 Å². The molecule has 0 spiro atoms. The molecular weight excluding hydrogens is 424 g/mol. The molecule has 0 atom stereocenters. The number of methoxy groups -OCH3 is 1. The first kappa shape index (κ1) is 21.0. The molecule has 0 saturated carbocycles. The van der Waals surface area contributed by atoms with Crippen molar-refractivity contribution < 1.29 is 27.1 Å². The molecule has 2 heterocycles. The van der Waals surface area contributed by atoms with E-state index in [0.717, 1.165) is 0 Å². The first-order valence-corrected chi connectivity index (χ1v) is 10.9. The molecule has 3 aromatic rings. The number of anilines is 1. The Bertz CT molecular complexity index is 1150. The van der Waals surface area contributed by atoms with E-state index >= 15 is 0 Å². The number of carbonyl (C=O) groups excluding carboxylic acids is 1. The van der Waals surface area contributed by atoms with Crippen LogP contribution in [0.4, 0.5) is 6.01 Å². The predicted octanol–water partition coefficient (Wildman–Crippen LogP) is 2.02. The van der Waals surface area contributed by atoms with Crippen molar-refractivity contribution in [2.45, 2.75) is 4.90 Å². The maximum atomic E-state index is 12.7. The molecule has 0 unspecified atom stereocenters. The third-order valence-corrected chi connectivity index (χ3v) is 6.62. The normalized spacial score (nSPS) is 14.9. The van der Waals surface area contributed by atoms with Gasteiger partial charge in [-0.3, -0.25) is 10.1 Å². The van der Waals surface area contributed by atoms with Crippen LogP contribution in [-0.4, -0.2) is 62.2 Å². The molecular formula is C20H20N4O6S. The van der Waals surface area contributed by atoms with E-state index < -0.39 is 15.9 Å². The van der Waals surface area contributed by atoms with Crippen LogP contribution in [0.15, 0.2) is 57.8 Å². The minimum absolute atomic E-state index is 0.0687. The van der Waals surface area contributed by atoms with Gasteiger partial charge in [-0.25, -0.2) is 8.42 Å². The van der Waals surface area contributed by atoms with Gasteiger partial charge in [0, 0.05) is 24.2 Å². The Hall–Kier alpha value is -3.28. The van der Waals surface area contributed by atoms with E-state index in [1.54, 1.807) is 31.4 Å². The molecule has 1 aromatic heterocycles. The fraction of sp³-hybridized carbons (Fsp3) is 0.250. The second kappa shape index (κ2) is 8.84. The summed E-state index contributed by atoms with van der Waals surface area (Å²) in [5.74, 6) is 0.432. The van der Waals surface area contributed by atoms with Crippen LogP contribution in [0, 0.1) is 0 Å². The topological polar surface area (TPSA) is 124 Å². The van der Waals surface area contributed by atoms with E-state index in [1.165, 1.54) is 28.6 Å². The minimum atomic E-state index is -3.62. The number of aromatic nitrogens is 2. The van der Waals surface area contributed by atoms with Crippen molar-refractivity contribution in [1.82, 2.24) is 14.5 Å². The Kier molecular flexibility index (Phi) is 5.98. The summed E-state index contributed by atoms with van der Waals surface area (Å²) in [5, 5.41) is 10.3. The lowest BCUT2D eigenvalue weighted by Crippen LogP contribution is -2.40. The van der Waals surface area contributed by atoms with Crippen LogP contribution in [0.2, 0.25) is 0 Å². The molecule has 0 aliphatic carbocycles. The van der Waals surface area contributed by atoms with Crippen molar-refractivity contribution >= 4 is 21.9 Å². The summed E-state index contributed by atoms with van der Waals surface area (Å²) in [6.07, 6.45) is 0. The fourth-order valence-electron chi connectivity index (χ4n) is 3.01. The quantitative estimate of drug-likeness (QED) is 0.612. The van der Waals surface area contributed by atoms with Gasteiger partial charge in [-0.05, 0) is 48.5 Å². The zero-order chi connectivity index (χ0) is 21.8. The Morgan fingerprint density at radius 2 is 1.71 bits per heavy atom. The number of hydrogen-bond donors (Lipinski definition) is 1. The highest BCUT2D eigenvalue weighted by Crippen LogP contribution is 2.23. The van der Waals surface area contributed by atoms with E-state index in [4.69, 9.17) is 13.9 Å². The van der Waals surface area contributed by atoms with Crippen LogP contribution in [0.25, 0.3) is 11.5 Å². The van der Waals surface area contributed by atoms with Gasteiger partial charge in [-0.2, -0.15) is 4.31 Å². The first-order valence-electron chi connectivity index (χ1n) is 9.44. The van der Waals surface area contributed by atoms with E-state index in [0.29, 0.717) is 37.6 Å². The second-order valence-electron chi connectivity index (χ2n) is 6.64. The second-order valence-corrected chi connectivity index (χ2v) is 8.57. The van der Waals surface area contributed by atoms with Gasteiger partial charge in [0.1, 0.15) is 5.75 Å². The van der Waals surface area contributed by atoms with Gasteiger partial charge in [0.25, 0.3) is 5.91 Å². The largest absolute Gasteiger partial charge is 0.497 e. The number of benzene rings is 2. The molecule has 1 saturated heterocycles. The summed E-state index contributed by atoms with van der Waals surface area (Å²) in [4.78, 5) is 12.6. The highest BCUT2D eigenvalue weighted by Gasteiger charge is 2.26. The van der Waals surface area contributed by atoms with Crippen molar-refractivity contribution in [2.24, 2.45) is 0 Å². The number of morpholine rings is 1. The molecule has 1 amide bonds. The number of sulfonamides is 1. The molecule has 162 valence electrons. The summed E-state index contributed by atoms with van der Waals surface area (Å²) < 4.78 is 42.5. The van der Waals surface area contributed by atoms with Gasteiger partial charge in [0.2, 0.25) is 15.9 Å². The molecule has 11 heteroatoms. The number of rotatable bonds is 6.